The Balaban J connectivity index is 1.85. The maximum atomic E-state index is 12.5. The molecular formula is C16H14ClN5O2S. The molecule has 0 unspecified atom stereocenters. The van der Waals surface area contributed by atoms with Crippen molar-refractivity contribution in [1.82, 2.24) is 19.5 Å². The van der Waals surface area contributed by atoms with E-state index in [-0.39, 0.29) is 23.4 Å². The van der Waals surface area contributed by atoms with Gasteiger partial charge in [0.1, 0.15) is 18.3 Å². The number of fused-ring (bicyclic) bond motifs is 1. The topological polar surface area (TPSA) is 89.8 Å². The molecule has 0 spiro atoms. The number of aromatic nitrogens is 4. The molecule has 0 saturated heterocycles. The molecule has 0 aliphatic rings. The van der Waals surface area contributed by atoms with Gasteiger partial charge in [-0.3, -0.25) is 14.2 Å². The van der Waals surface area contributed by atoms with Crippen LogP contribution in [0, 0.1) is 6.92 Å². The van der Waals surface area contributed by atoms with Gasteiger partial charge in [-0.15, -0.1) is 0 Å². The predicted molar refractivity (Wildman–Crippen MR) is 98.2 cm³/mol. The number of thioether (sulfide) groups is 1. The Morgan fingerprint density at radius 1 is 1.36 bits per heavy atom. The molecule has 1 amide bonds. The van der Waals surface area contributed by atoms with Crippen LogP contribution in [-0.2, 0) is 11.3 Å². The zero-order valence-electron chi connectivity index (χ0n) is 13.5. The Morgan fingerprint density at radius 2 is 2.16 bits per heavy atom. The smallest absolute Gasteiger partial charge is 0.264 e. The molecule has 0 atom stereocenters. The van der Waals surface area contributed by atoms with Crippen LogP contribution < -0.4 is 10.9 Å². The maximum absolute atomic E-state index is 12.5. The number of benzene rings is 1. The van der Waals surface area contributed by atoms with Crippen LogP contribution in [0.15, 0.2) is 40.7 Å². The summed E-state index contributed by atoms with van der Waals surface area (Å²) in [6.45, 7) is 1.64. The summed E-state index contributed by atoms with van der Waals surface area (Å²) in [5.74, 6) is -0.352. The van der Waals surface area contributed by atoms with E-state index in [1.165, 1.54) is 28.9 Å². The van der Waals surface area contributed by atoms with Crippen LogP contribution in [0.5, 0.6) is 0 Å². The van der Waals surface area contributed by atoms with Gasteiger partial charge < -0.3 is 5.32 Å². The number of rotatable bonds is 4. The van der Waals surface area contributed by atoms with E-state index in [4.69, 9.17) is 11.6 Å². The second kappa shape index (κ2) is 7.20. The minimum absolute atomic E-state index is 0.169. The number of anilines is 1. The third-order valence-electron chi connectivity index (χ3n) is 3.60. The SMILES string of the molecule is CSc1ncc2c(=O)n(CC(=O)Nc3cccc(Cl)c3C)cnc2n1. The molecular weight excluding hydrogens is 362 g/mol. The van der Waals surface area contributed by atoms with Gasteiger partial charge in [0.15, 0.2) is 10.8 Å². The van der Waals surface area contributed by atoms with Gasteiger partial charge in [-0.05, 0) is 30.9 Å². The highest BCUT2D eigenvalue weighted by atomic mass is 35.5. The summed E-state index contributed by atoms with van der Waals surface area (Å²) in [4.78, 5) is 37.1. The lowest BCUT2D eigenvalue weighted by Crippen LogP contribution is -2.28. The van der Waals surface area contributed by atoms with Crippen molar-refractivity contribution in [2.45, 2.75) is 18.6 Å². The molecule has 7 nitrogen and oxygen atoms in total. The van der Waals surface area contributed by atoms with Gasteiger partial charge in [0.25, 0.3) is 5.56 Å². The molecule has 1 N–H and O–H groups in total. The summed E-state index contributed by atoms with van der Waals surface area (Å²) in [6.07, 6.45) is 4.58. The fourth-order valence-electron chi connectivity index (χ4n) is 2.24. The minimum Gasteiger partial charge on any atom is -0.324 e. The van der Waals surface area contributed by atoms with Crippen LogP contribution in [0.4, 0.5) is 5.69 Å². The summed E-state index contributed by atoms with van der Waals surface area (Å²) < 4.78 is 1.22. The summed E-state index contributed by atoms with van der Waals surface area (Å²) in [5.41, 5.74) is 1.31. The van der Waals surface area contributed by atoms with Gasteiger partial charge in [-0.1, -0.05) is 29.4 Å². The van der Waals surface area contributed by atoms with Gasteiger partial charge in [0, 0.05) is 16.9 Å². The number of halogens is 1. The standard InChI is InChI=1S/C16H14ClN5O2S/c1-9-11(17)4-3-5-12(9)20-13(23)7-22-8-19-14-10(15(22)24)6-18-16(21-14)25-2/h3-6,8H,7H2,1-2H3,(H,20,23). The van der Waals surface area contributed by atoms with Crippen LogP contribution in [-0.4, -0.2) is 31.7 Å². The highest BCUT2D eigenvalue weighted by Gasteiger charge is 2.11. The molecule has 0 aliphatic carbocycles. The van der Waals surface area contributed by atoms with Crippen LogP contribution in [0.1, 0.15) is 5.56 Å². The van der Waals surface area contributed by atoms with Gasteiger partial charge in [-0.25, -0.2) is 15.0 Å². The molecule has 9 heteroatoms. The Bertz CT molecular complexity index is 1020. The summed E-state index contributed by atoms with van der Waals surface area (Å²) in [7, 11) is 0. The number of carbonyl (C=O) groups excluding carboxylic acids is 1. The zero-order chi connectivity index (χ0) is 18.0. The van der Waals surface area contributed by atoms with Gasteiger partial charge >= 0.3 is 0 Å². The predicted octanol–water partition coefficient (Wildman–Crippen LogP) is 2.51. The van der Waals surface area contributed by atoms with E-state index in [2.05, 4.69) is 20.3 Å². The molecule has 2 aromatic heterocycles. The van der Waals surface area contributed by atoms with Crippen LogP contribution in [0.25, 0.3) is 11.0 Å². The number of carbonyl (C=O) groups is 1. The fourth-order valence-corrected chi connectivity index (χ4v) is 2.75. The Kier molecular flexibility index (Phi) is 5.00. The lowest BCUT2D eigenvalue weighted by molar-refractivity contribution is -0.116. The van der Waals surface area contributed by atoms with E-state index in [0.29, 0.717) is 21.5 Å². The van der Waals surface area contributed by atoms with Crippen LogP contribution >= 0.6 is 23.4 Å². The van der Waals surface area contributed by atoms with Gasteiger partial charge in [0.2, 0.25) is 5.91 Å². The molecule has 0 saturated carbocycles. The lowest BCUT2D eigenvalue weighted by atomic mass is 10.2. The van der Waals surface area contributed by atoms with Gasteiger partial charge in [0.05, 0.1) is 0 Å². The summed E-state index contributed by atoms with van der Waals surface area (Å²) in [5, 5.41) is 4.11. The highest BCUT2D eigenvalue weighted by molar-refractivity contribution is 7.98. The maximum Gasteiger partial charge on any atom is 0.264 e. The number of nitrogens with one attached hydrogen (secondary N) is 1. The molecule has 1 aromatic carbocycles. The molecule has 0 radical (unpaired) electrons. The molecule has 0 fully saturated rings. The van der Waals surface area contributed by atoms with Gasteiger partial charge in [-0.2, -0.15) is 0 Å². The van der Waals surface area contributed by atoms with Crippen molar-refractivity contribution in [3.63, 3.8) is 0 Å². The number of hydrogen-bond donors (Lipinski definition) is 1. The van der Waals surface area contributed by atoms with Crippen molar-refractivity contribution >= 4 is 46.0 Å². The first-order valence-electron chi connectivity index (χ1n) is 7.30. The number of nitrogens with zero attached hydrogens (tertiary/aromatic N) is 4. The summed E-state index contributed by atoms with van der Waals surface area (Å²) in [6, 6.07) is 5.24. The quantitative estimate of drug-likeness (QED) is 0.556. The average molecular weight is 376 g/mol. The van der Waals surface area contributed by atoms with Crippen molar-refractivity contribution in [3.05, 3.63) is 51.7 Å². The molecule has 3 aromatic rings. The molecule has 2 heterocycles. The second-order valence-corrected chi connectivity index (χ2v) is 6.41. The van der Waals surface area contributed by atoms with E-state index in [9.17, 15) is 9.59 Å². The van der Waals surface area contributed by atoms with Crippen LogP contribution in [0.3, 0.4) is 0 Å². The third kappa shape index (κ3) is 3.64. The summed E-state index contributed by atoms with van der Waals surface area (Å²) >= 11 is 7.40. The lowest BCUT2D eigenvalue weighted by Gasteiger charge is -2.10. The Labute approximate surface area is 152 Å². The minimum atomic E-state index is -0.365. The van der Waals surface area contributed by atoms with Crippen molar-refractivity contribution < 1.29 is 4.79 Å². The van der Waals surface area contributed by atoms with Crippen molar-refractivity contribution in [2.24, 2.45) is 0 Å². The van der Waals surface area contributed by atoms with E-state index < -0.39 is 0 Å². The van der Waals surface area contributed by atoms with Crippen molar-refractivity contribution in [2.75, 3.05) is 11.6 Å². The van der Waals surface area contributed by atoms with E-state index >= 15 is 0 Å². The average Bonchev–Trinajstić information content (AvgIpc) is 2.61. The first-order valence-corrected chi connectivity index (χ1v) is 8.91. The van der Waals surface area contributed by atoms with E-state index in [1.807, 2.05) is 13.2 Å². The monoisotopic (exact) mass is 375 g/mol. The third-order valence-corrected chi connectivity index (χ3v) is 4.57. The highest BCUT2D eigenvalue weighted by Crippen LogP contribution is 2.22. The van der Waals surface area contributed by atoms with Crippen LogP contribution in [0.2, 0.25) is 5.02 Å². The molecule has 25 heavy (non-hydrogen) atoms. The fraction of sp³-hybridized carbons (Fsp3) is 0.188. The first-order chi connectivity index (χ1) is 12.0. The molecule has 128 valence electrons. The Morgan fingerprint density at radius 3 is 2.92 bits per heavy atom. The normalized spacial score (nSPS) is 10.8. The zero-order valence-corrected chi connectivity index (χ0v) is 15.1. The van der Waals surface area contributed by atoms with E-state index in [0.717, 1.165) is 5.56 Å². The first kappa shape index (κ1) is 17.4. The van der Waals surface area contributed by atoms with E-state index in [1.54, 1.807) is 18.2 Å². The molecule has 0 aliphatic heterocycles. The Hall–Kier alpha value is -2.45. The number of hydrogen-bond acceptors (Lipinski definition) is 6. The molecule has 0 bridgehead atoms. The number of amides is 1. The second-order valence-electron chi connectivity index (χ2n) is 5.23. The molecule has 3 rings (SSSR count). The largest absolute Gasteiger partial charge is 0.324 e. The van der Waals surface area contributed by atoms with Crippen molar-refractivity contribution in [1.29, 1.82) is 0 Å². The van der Waals surface area contributed by atoms with Crippen molar-refractivity contribution in [3.8, 4) is 0 Å².